The molecule has 1 aromatic heterocycles. The van der Waals surface area contributed by atoms with Crippen molar-refractivity contribution in [2.24, 2.45) is 7.05 Å². The van der Waals surface area contributed by atoms with Gasteiger partial charge in [-0.25, -0.2) is 4.98 Å². The van der Waals surface area contributed by atoms with Crippen LogP contribution < -0.4 is 10.1 Å². The molecule has 0 radical (unpaired) electrons. The molecule has 0 saturated carbocycles. The van der Waals surface area contributed by atoms with Gasteiger partial charge in [0, 0.05) is 43.8 Å². The minimum atomic E-state index is -0.618. The first-order valence-electron chi connectivity index (χ1n) is 11.1. The molecule has 3 aromatic rings. The van der Waals surface area contributed by atoms with Crippen LogP contribution in [-0.4, -0.2) is 44.8 Å². The number of aryl methyl sites for hydroxylation is 1. The van der Waals surface area contributed by atoms with Gasteiger partial charge in [0.2, 0.25) is 11.8 Å². The average molecular weight is 442 g/mol. The third kappa shape index (κ3) is 3.13. The molecule has 0 spiro atoms. The molecule has 1 atom stereocenters. The monoisotopic (exact) mass is 442 g/mol. The van der Waals surface area contributed by atoms with Crippen LogP contribution in [0.2, 0.25) is 0 Å². The lowest BCUT2D eigenvalue weighted by Crippen LogP contribution is -2.52. The van der Waals surface area contributed by atoms with Gasteiger partial charge in [-0.3, -0.25) is 19.7 Å². The van der Waals surface area contributed by atoms with Gasteiger partial charge >= 0.3 is 0 Å². The molecule has 2 aromatic carbocycles. The van der Waals surface area contributed by atoms with Gasteiger partial charge in [0.15, 0.2) is 0 Å². The average Bonchev–Trinajstić information content (AvgIpc) is 3.51. The first-order chi connectivity index (χ1) is 16.0. The highest BCUT2D eigenvalue weighted by atomic mass is 16.5. The quantitative estimate of drug-likeness (QED) is 0.629. The lowest BCUT2D eigenvalue weighted by molar-refractivity contribution is -0.136. The van der Waals surface area contributed by atoms with E-state index in [0.717, 1.165) is 40.4 Å². The predicted molar refractivity (Wildman–Crippen MR) is 119 cm³/mol. The molecule has 1 fully saturated rings. The second-order valence-electron chi connectivity index (χ2n) is 8.72. The molecule has 3 amide bonds. The van der Waals surface area contributed by atoms with Crippen LogP contribution in [0.25, 0.3) is 22.6 Å². The van der Waals surface area contributed by atoms with E-state index in [1.807, 2.05) is 42.1 Å². The summed E-state index contributed by atoms with van der Waals surface area (Å²) in [5.74, 6) is 0.857. The molecule has 1 saturated heterocycles. The van der Waals surface area contributed by atoms with E-state index in [0.29, 0.717) is 25.1 Å². The van der Waals surface area contributed by atoms with E-state index in [4.69, 9.17) is 9.72 Å². The Labute approximate surface area is 190 Å². The van der Waals surface area contributed by atoms with Crippen molar-refractivity contribution in [3.05, 3.63) is 59.3 Å². The molecule has 0 aliphatic carbocycles. The fraction of sp³-hybridized carbons (Fsp3) is 0.280. The number of hydrogen-bond donors (Lipinski definition) is 1. The summed E-state index contributed by atoms with van der Waals surface area (Å²) in [5.41, 5.74) is 5.33. The number of piperidine rings is 1. The molecular formula is C25H22N4O4. The Morgan fingerprint density at radius 2 is 1.94 bits per heavy atom. The number of aromatic nitrogens is 2. The Balaban J connectivity index is 1.31. The third-order valence-electron chi connectivity index (χ3n) is 6.65. The van der Waals surface area contributed by atoms with Crippen molar-refractivity contribution >= 4 is 17.7 Å². The number of imidazole rings is 1. The minimum absolute atomic E-state index is 0.176. The van der Waals surface area contributed by atoms with E-state index in [1.165, 1.54) is 5.56 Å². The smallest absolute Gasteiger partial charge is 0.255 e. The number of nitrogens with one attached hydrogen (secondary N) is 1. The minimum Gasteiger partial charge on any atom is -0.492 e. The van der Waals surface area contributed by atoms with Crippen LogP contribution in [-0.2, 0) is 29.6 Å². The number of ether oxygens (including phenoxy) is 1. The Bertz CT molecular complexity index is 1340. The van der Waals surface area contributed by atoms with Crippen LogP contribution in [0, 0.1) is 0 Å². The number of carbonyl (C=O) groups excluding carboxylic acids is 3. The second kappa shape index (κ2) is 7.30. The lowest BCUT2D eigenvalue weighted by Gasteiger charge is -2.29. The summed E-state index contributed by atoms with van der Waals surface area (Å²) in [6.07, 6.45) is 3.47. The highest BCUT2D eigenvalue weighted by molar-refractivity contribution is 6.05. The van der Waals surface area contributed by atoms with Crippen LogP contribution in [0.4, 0.5) is 0 Å². The molecule has 4 heterocycles. The summed E-state index contributed by atoms with van der Waals surface area (Å²) >= 11 is 0. The molecule has 1 unspecified atom stereocenters. The van der Waals surface area contributed by atoms with Crippen molar-refractivity contribution in [3.63, 3.8) is 0 Å². The van der Waals surface area contributed by atoms with Crippen LogP contribution in [0.1, 0.15) is 34.3 Å². The zero-order valence-corrected chi connectivity index (χ0v) is 18.1. The number of benzene rings is 2. The molecule has 0 bridgehead atoms. The summed E-state index contributed by atoms with van der Waals surface area (Å²) in [4.78, 5) is 43.2. The van der Waals surface area contributed by atoms with Crippen molar-refractivity contribution in [2.75, 3.05) is 6.61 Å². The zero-order chi connectivity index (χ0) is 22.7. The molecule has 6 rings (SSSR count). The number of para-hydroxylation sites is 1. The molecule has 8 heteroatoms. The van der Waals surface area contributed by atoms with Crippen LogP contribution in [0.5, 0.6) is 5.75 Å². The van der Waals surface area contributed by atoms with Crippen molar-refractivity contribution in [1.82, 2.24) is 19.8 Å². The zero-order valence-electron chi connectivity index (χ0n) is 18.1. The number of carbonyl (C=O) groups is 3. The molecule has 3 aliphatic heterocycles. The fourth-order valence-corrected chi connectivity index (χ4v) is 4.98. The Morgan fingerprint density at radius 1 is 1.06 bits per heavy atom. The lowest BCUT2D eigenvalue weighted by atomic mass is 10.0. The van der Waals surface area contributed by atoms with Crippen LogP contribution in [0.15, 0.2) is 42.6 Å². The van der Waals surface area contributed by atoms with E-state index >= 15 is 0 Å². The highest BCUT2D eigenvalue weighted by Gasteiger charge is 2.39. The van der Waals surface area contributed by atoms with Gasteiger partial charge in [-0.1, -0.05) is 18.2 Å². The summed E-state index contributed by atoms with van der Waals surface area (Å²) in [6.45, 7) is 1.03. The standard InChI is InChI=1S/C25H22N4O4/c1-28-13-19(26-23(28)18-4-2-3-14-9-10-33-22(14)18)15-5-6-17-16(11-15)12-29(25(17)32)20-7-8-21(30)27-24(20)31/h2-6,11,13,20H,7-10,12H2,1H3,(H,27,30,31). The maximum absolute atomic E-state index is 12.9. The van der Waals surface area contributed by atoms with Crippen molar-refractivity contribution < 1.29 is 19.1 Å². The van der Waals surface area contributed by atoms with E-state index in [2.05, 4.69) is 11.4 Å². The van der Waals surface area contributed by atoms with Crippen LogP contribution >= 0.6 is 0 Å². The summed E-state index contributed by atoms with van der Waals surface area (Å²) in [5, 5.41) is 2.34. The van der Waals surface area contributed by atoms with E-state index < -0.39 is 11.9 Å². The molecule has 166 valence electrons. The maximum atomic E-state index is 12.9. The van der Waals surface area contributed by atoms with Gasteiger partial charge in [-0.05, 0) is 35.7 Å². The van der Waals surface area contributed by atoms with Crippen LogP contribution in [0.3, 0.4) is 0 Å². The first-order valence-corrected chi connectivity index (χ1v) is 11.1. The van der Waals surface area contributed by atoms with E-state index in [9.17, 15) is 14.4 Å². The Morgan fingerprint density at radius 3 is 2.79 bits per heavy atom. The predicted octanol–water partition coefficient (Wildman–Crippen LogP) is 2.45. The van der Waals surface area contributed by atoms with Gasteiger partial charge in [-0.15, -0.1) is 0 Å². The number of hydrogen-bond acceptors (Lipinski definition) is 5. The molecule has 1 N–H and O–H groups in total. The molecule has 33 heavy (non-hydrogen) atoms. The third-order valence-corrected chi connectivity index (χ3v) is 6.65. The summed E-state index contributed by atoms with van der Waals surface area (Å²) in [6, 6.07) is 11.2. The van der Waals surface area contributed by atoms with Gasteiger partial charge in [0.25, 0.3) is 5.91 Å². The van der Waals surface area contributed by atoms with Crippen molar-refractivity contribution in [1.29, 1.82) is 0 Å². The van der Waals surface area contributed by atoms with Gasteiger partial charge in [-0.2, -0.15) is 0 Å². The van der Waals surface area contributed by atoms with Crippen molar-refractivity contribution in [3.8, 4) is 28.4 Å². The number of fused-ring (bicyclic) bond motifs is 2. The SMILES string of the molecule is Cn1cc(-c2ccc3c(c2)CN(C2CCC(=O)NC2=O)C3=O)nc1-c1cccc2c1OCC2. The van der Waals surface area contributed by atoms with Gasteiger partial charge < -0.3 is 14.2 Å². The Kier molecular flexibility index (Phi) is 4.36. The first kappa shape index (κ1) is 19.7. The van der Waals surface area contributed by atoms with Gasteiger partial charge in [0.1, 0.15) is 17.6 Å². The summed E-state index contributed by atoms with van der Waals surface area (Å²) < 4.78 is 7.85. The normalized spacial score (nSPS) is 19.4. The number of nitrogens with zero attached hydrogens (tertiary/aromatic N) is 3. The summed E-state index contributed by atoms with van der Waals surface area (Å²) in [7, 11) is 1.96. The van der Waals surface area contributed by atoms with E-state index in [1.54, 1.807) is 11.0 Å². The number of imide groups is 1. The molecule has 3 aliphatic rings. The Hall–Kier alpha value is -3.94. The fourth-order valence-electron chi connectivity index (χ4n) is 4.98. The largest absolute Gasteiger partial charge is 0.492 e. The molecular weight excluding hydrogens is 420 g/mol. The maximum Gasteiger partial charge on any atom is 0.255 e. The second-order valence-corrected chi connectivity index (χ2v) is 8.72. The van der Waals surface area contributed by atoms with Crippen molar-refractivity contribution in [2.45, 2.75) is 31.8 Å². The highest BCUT2D eigenvalue weighted by Crippen LogP contribution is 2.37. The topological polar surface area (TPSA) is 93.5 Å². The van der Waals surface area contributed by atoms with Gasteiger partial charge in [0.05, 0.1) is 17.9 Å². The number of rotatable bonds is 3. The number of amides is 3. The molecule has 8 nitrogen and oxygen atoms in total. The van der Waals surface area contributed by atoms with E-state index in [-0.39, 0.29) is 18.2 Å².